The first-order valence-electron chi connectivity index (χ1n) is 7.92. The van der Waals surface area contributed by atoms with Crippen LogP contribution in [-0.2, 0) is 14.2 Å². The van der Waals surface area contributed by atoms with Crippen molar-refractivity contribution < 1.29 is 57.0 Å². The summed E-state index contributed by atoms with van der Waals surface area (Å²) in [6.45, 7) is 3.64. The maximum absolute atomic E-state index is 13.8. The van der Waals surface area contributed by atoms with E-state index in [4.69, 9.17) is 20.6 Å². The van der Waals surface area contributed by atoms with Crippen LogP contribution in [0.4, 0.5) is 0 Å². The molecule has 0 radical (unpaired) electrons. The molecule has 0 bridgehead atoms. The molecule has 2 rings (SSSR count). The minimum absolute atomic E-state index is 0. The van der Waals surface area contributed by atoms with Gasteiger partial charge in [0.2, 0.25) is 0 Å². The Labute approximate surface area is 180 Å². The van der Waals surface area contributed by atoms with Crippen LogP contribution >= 0.6 is 0 Å². The molecule has 1 fully saturated rings. The standard InChI is InChI=1S/C19H23NO4.2Li/c1-4-18(24-15-22-3)19(21,20-10-12-23-13-11-20)16(2)14-17-8-6-5-7-9-17;;/h5-9,14,18H,10-13,15H2,2-3H3;;/q-2;2*+1/b16-14+;;. The molecule has 0 amide bonds. The van der Waals surface area contributed by atoms with Crippen molar-refractivity contribution in [1.82, 2.24) is 4.90 Å². The Kier molecular flexibility index (Phi) is 12.6. The summed E-state index contributed by atoms with van der Waals surface area (Å²) in [4.78, 5) is 1.76. The Balaban J connectivity index is 0.00000312. The zero-order valence-corrected chi connectivity index (χ0v) is 16.2. The van der Waals surface area contributed by atoms with Gasteiger partial charge in [-0.05, 0) is 18.2 Å². The normalized spacial score (nSPS) is 18.6. The average molecular weight is 343 g/mol. The SMILES string of the molecule is [C-]#CC(OCOC)C([O-])(/C(C)=C/c1ccccc1)N1CCOCC1.[Li+].[Li+]. The molecule has 1 aromatic rings. The molecular formula is C19H23Li2NO4. The van der Waals surface area contributed by atoms with Crippen LogP contribution < -0.4 is 42.8 Å². The maximum atomic E-state index is 13.8. The van der Waals surface area contributed by atoms with E-state index in [0.717, 1.165) is 5.56 Å². The van der Waals surface area contributed by atoms with E-state index in [1.54, 1.807) is 11.8 Å². The molecule has 0 saturated carbocycles. The molecule has 1 aliphatic rings. The number of benzene rings is 1. The molecule has 0 N–H and O–H groups in total. The van der Waals surface area contributed by atoms with Crippen molar-refractivity contribution in [2.24, 2.45) is 0 Å². The molecular weight excluding hydrogens is 320 g/mol. The zero-order chi connectivity index (χ0) is 17.4. The third-order valence-electron chi connectivity index (χ3n) is 4.07. The van der Waals surface area contributed by atoms with Crippen LogP contribution in [0.1, 0.15) is 12.5 Å². The summed E-state index contributed by atoms with van der Waals surface area (Å²) in [6, 6.07) is 9.63. The average Bonchev–Trinajstić information content (AvgIpc) is 2.63. The fraction of sp³-hybridized carbons (Fsp3) is 0.474. The Morgan fingerprint density at radius 1 is 1.35 bits per heavy atom. The van der Waals surface area contributed by atoms with E-state index in [1.807, 2.05) is 36.4 Å². The van der Waals surface area contributed by atoms with Gasteiger partial charge in [0.1, 0.15) is 6.79 Å². The number of nitrogens with zero attached hydrogens (tertiary/aromatic N) is 1. The van der Waals surface area contributed by atoms with Crippen LogP contribution in [0.25, 0.3) is 6.08 Å². The van der Waals surface area contributed by atoms with Gasteiger partial charge in [-0.15, -0.1) is 0 Å². The number of rotatable bonds is 7. The molecule has 130 valence electrons. The van der Waals surface area contributed by atoms with E-state index in [1.165, 1.54) is 7.11 Å². The first-order chi connectivity index (χ1) is 11.6. The van der Waals surface area contributed by atoms with Crippen LogP contribution in [-0.4, -0.2) is 56.9 Å². The van der Waals surface area contributed by atoms with Gasteiger partial charge < -0.3 is 36.6 Å². The largest absolute Gasteiger partial charge is 1.00 e. The molecule has 2 unspecified atom stereocenters. The topological polar surface area (TPSA) is 54.0 Å². The second-order valence-corrected chi connectivity index (χ2v) is 5.63. The quantitative estimate of drug-likeness (QED) is 0.215. The molecule has 26 heavy (non-hydrogen) atoms. The van der Waals surface area contributed by atoms with Crippen molar-refractivity contribution in [3.63, 3.8) is 0 Å². The van der Waals surface area contributed by atoms with Gasteiger partial charge in [0.05, 0.1) is 19.3 Å². The Morgan fingerprint density at radius 3 is 2.50 bits per heavy atom. The van der Waals surface area contributed by atoms with Gasteiger partial charge in [-0.25, -0.2) is 0 Å². The molecule has 0 aliphatic carbocycles. The van der Waals surface area contributed by atoms with Gasteiger partial charge in [-0.2, -0.15) is 0 Å². The summed E-state index contributed by atoms with van der Waals surface area (Å²) in [6.07, 6.45) is 8.33. The first-order valence-corrected chi connectivity index (χ1v) is 7.92. The van der Waals surface area contributed by atoms with Crippen molar-refractivity contribution in [2.75, 3.05) is 40.2 Å². The van der Waals surface area contributed by atoms with Gasteiger partial charge in [0.15, 0.2) is 0 Å². The second-order valence-electron chi connectivity index (χ2n) is 5.63. The van der Waals surface area contributed by atoms with Crippen molar-refractivity contribution in [3.8, 4) is 5.92 Å². The van der Waals surface area contributed by atoms with Crippen LogP contribution in [0.3, 0.4) is 0 Å². The molecule has 0 spiro atoms. The summed E-state index contributed by atoms with van der Waals surface area (Å²) in [5.74, 6) is 2.25. The third kappa shape index (κ3) is 6.30. The summed E-state index contributed by atoms with van der Waals surface area (Å²) in [7, 11) is 1.48. The summed E-state index contributed by atoms with van der Waals surface area (Å²) >= 11 is 0. The van der Waals surface area contributed by atoms with Crippen molar-refractivity contribution >= 4 is 6.08 Å². The molecule has 7 heteroatoms. The minimum atomic E-state index is -1.74. The number of hydrogen-bond acceptors (Lipinski definition) is 5. The van der Waals surface area contributed by atoms with Crippen LogP contribution in [0.2, 0.25) is 0 Å². The van der Waals surface area contributed by atoms with Gasteiger partial charge in [0.25, 0.3) is 0 Å². The predicted molar refractivity (Wildman–Crippen MR) is 89.1 cm³/mol. The zero-order valence-electron chi connectivity index (χ0n) is 16.2. The minimum Gasteiger partial charge on any atom is -0.832 e. The Morgan fingerprint density at radius 2 is 1.96 bits per heavy atom. The van der Waals surface area contributed by atoms with E-state index in [9.17, 15) is 5.11 Å². The Hall–Kier alpha value is -0.485. The predicted octanol–water partition coefficient (Wildman–Crippen LogP) is -4.93. The van der Waals surface area contributed by atoms with Crippen LogP contribution in [0, 0.1) is 12.3 Å². The summed E-state index contributed by atoms with van der Waals surface area (Å²) in [5, 5.41) is 13.8. The number of ether oxygens (including phenoxy) is 3. The summed E-state index contributed by atoms with van der Waals surface area (Å²) in [5.41, 5.74) is -0.240. The van der Waals surface area contributed by atoms with Gasteiger partial charge in [0, 0.05) is 20.2 Å². The van der Waals surface area contributed by atoms with Crippen LogP contribution in [0.5, 0.6) is 0 Å². The molecule has 1 aromatic carbocycles. The third-order valence-corrected chi connectivity index (χ3v) is 4.07. The van der Waals surface area contributed by atoms with E-state index in [-0.39, 0.29) is 44.5 Å². The fourth-order valence-corrected chi connectivity index (χ4v) is 2.81. The number of hydrogen-bond donors (Lipinski definition) is 0. The van der Waals surface area contributed by atoms with E-state index in [2.05, 4.69) is 5.92 Å². The first kappa shape index (κ1) is 25.5. The molecule has 1 heterocycles. The van der Waals surface area contributed by atoms with E-state index in [0.29, 0.717) is 31.9 Å². The van der Waals surface area contributed by atoms with Crippen molar-refractivity contribution in [2.45, 2.75) is 18.8 Å². The van der Waals surface area contributed by atoms with Crippen LogP contribution in [0.15, 0.2) is 35.9 Å². The number of morpholine rings is 1. The Bertz CT molecular complexity index is 585. The summed E-state index contributed by atoms with van der Waals surface area (Å²) < 4.78 is 15.7. The van der Waals surface area contributed by atoms with Gasteiger partial charge in [-0.3, -0.25) is 0 Å². The molecule has 5 nitrogen and oxygen atoms in total. The molecule has 2 atom stereocenters. The maximum Gasteiger partial charge on any atom is 1.00 e. The van der Waals surface area contributed by atoms with E-state index < -0.39 is 11.8 Å². The molecule has 1 aliphatic heterocycles. The van der Waals surface area contributed by atoms with E-state index >= 15 is 0 Å². The molecule has 1 saturated heterocycles. The van der Waals surface area contributed by atoms with Gasteiger partial charge >= 0.3 is 37.7 Å². The van der Waals surface area contributed by atoms with Crippen molar-refractivity contribution in [3.05, 3.63) is 47.9 Å². The second kappa shape index (κ2) is 12.8. The monoisotopic (exact) mass is 343 g/mol. The van der Waals surface area contributed by atoms with Gasteiger partial charge in [-0.1, -0.05) is 42.0 Å². The number of methoxy groups -OCH3 is 1. The molecule has 0 aromatic heterocycles. The van der Waals surface area contributed by atoms with Crippen molar-refractivity contribution in [1.29, 1.82) is 0 Å². The fourth-order valence-electron chi connectivity index (χ4n) is 2.81. The smallest absolute Gasteiger partial charge is 0.832 e.